The number of halogens is 3. The quantitative estimate of drug-likeness (QED) is 0.244. The Labute approximate surface area is 221 Å². The number of aromatic nitrogens is 3. The molecule has 0 aliphatic heterocycles. The molecule has 1 fully saturated rings. The van der Waals surface area contributed by atoms with Gasteiger partial charge in [-0.15, -0.1) is 13.2 Å². The van der Waals surface area contributed by atoms with Gasteiger partial charge in [-0.2, -0.15) is 4.98 Å². The van der Waals surface area contributed by atoms with Gasteiger partial charge in [-0.1, -0.05) is 18.2 Å². The van der Waals surface area contributed by atoms with Gasteiger partial charge < -0.3 is 20.7 Å². The summed E-state index contributed by atoms with van der Waals surface area (Å²) in [5.74, 6) is -0.303. The molecule has 1 aliphatic rings. The smallest absolute Gasteiger partial charge is 0.405 e. The number of hydrogen-bond donors (Lipinski definition) is 3. The molecule has 206 valence electrons. The lowest BCUT2D eigenvalue weighted by Crippen LogP contribution is -2.38. The molecule has 0 saturated heterocycles. The van der Waals surface area contributed by atoms with Crippen LogP contribution in [0.1, 0.15) is 41.6 Å². The number of anilines is 2. The first kappa shape index (κ1) is 27.5. The molecular formula is C25H26F3N7O4. The maximum atomic E-state index is 12.7. The van der Waals surface area contributed by atoms with Gasteiger partial charge in [0.25, 0.3) is 5.91 Å². The lowest BCUT2D eigenvalue weighted by atomic mass is 9.86. The minimum atomic E-state index is -4.85. The second kappa shape index (κ2) is 12.4. The third-order valence-corrected chi connectivity index (χ3v) is 6.28. The minimum Gasteiger partial charge on any atom is -0.405 e. The Kier molecular flexibility index (Phi) is 8.74. The minimum absolute atomic E-state index is 0.00504. The van der Waals surface area contributed by atoms with Crippen LogP contribution in [0, 0.1) is 16.0 Å². The predicted molar refractivity (Wildman–Crippen MR) is 135 cm³/mol. The molecule has 0 atom stereocenters. The number of pyridine rings is 1. The average molecular weight is 546 g/mol. The van der Waals surface area contributed by atoms with Crippen molar-refractivity contribution in [3.05, 3.63) is 76.2 Å². The number of amides is 1. The molecule has 0 radical (unpaired) electrons. The van der Waals surface area contributed by atoms with Gasteiger partial charge in [0.2, 0.25) is 11.8 Å². The van der Waals surface area contributed by atoms with E-state index in [2.05, 4.69) is 35.6 Å². The first-order valence-corrected chi connectivity index (χ1v) is 12.2. The van der Waals surface area contributed by atoms with Gasteiger partial charge in [0, 0.05) is 42.7 Å². The predicted octanol–water partition coefficient (Wildman–Crippen LogP) is 4.69. The Morgan fingerprint density at radius 3 is 2.49 bits per heavy atom. The molecule has 4 rings (SSSR count). The number of para-hydroxylation sites is 1. The van der Waals surface area contributed by atoms with E-state index in [1.165, 1.54) is 18.2 Å². The molecule has 2 heterocycles. The van der Waals surface area contributed by atoms with Gasteiger partial charge in [0.05, 0.1) is 4.92 Å². The number of carbonyl (C=O) groups is 1. The van der Waals surface area contributed by atoms with E-state index in [4.69, 9.17) is 0 Å². The molecule has 1 aromatic carbocycles. The fourth-order valence-electron chi connectivity index (χ4n) is 4.30. The molecule has 3 N–H and O–H groups in total. The van der Waals surface area contributed by atoms with Gasteiger partial charge >= 0.3 is 12.0 Å². The topological polar surface area (TPSA) is 144 Å². The van der Waals surface area contributed by atoms with Crippen LogP contribution in [0.5, 0.6) is 5.75 Å². The van der Waals surface area contributed by atoms with E-state index < -0.39 is 11.3 Å². The van der Waals surface area contributed by atoms with Crippen molar-refractivity contribution < 1.29 is 27.6 Å². The second-order valence-electron chi connectivity index (χ2n) is 9.00. The Morgan fingerprint density at radius 2 is 1.79 bits per heavy atom. The summed E-state index contributed by atoms with van der Waals surface area (Å²) in [6.07, 6.45) is 2.45. The Hall–Kier alpha value is -4.49. The molecule has 3 aromatic rings. The van der Waals surface area contributed by atoms with Crippen molar-refractivity contribution in [3.63, 3.8) is 0 Å². The lowest BCUT2D eigenvalue weighted by molar-refractivity contribution is -0.384. The molecule has 0 bridgehead atoms. The Balaban J connectivity index is 1.32. The molecule has 1 amide bonds. The first-order chi connectivity index (χ1) is 18.7. The van der Waals surface area contributed by atoms with Crippen molar-refractivity contribution in [2.45, 2.75) is 44.6 Å². The maximum absolute atomic E-state index is 12.7. The van der Waals surface area contributed by atoms with Gasteiger partial charge in [0.15, 0.2) is 0 Å². The number of carbonyl (C=O) groups excluding carboxylic acids is 1. The zero-order valence-corrected chi connectivity index (χ0v) is 20.6. The van der Waals surface area contributed by atoms with Crippen molar-refractivity contribution in [1.82, 2.24) is 20.3 Å². The molecule has 2 aromatic heterocycles. The number of benzene rings is 1. The number of alkyl halides is 3. The largest absolute Gasteiger partial charge is 0.573 e. The van der Waals surface area contributed by atoms with E-state index in [0.717, 1.165) is 31.9 Å². The fourth-order valence-corrected chi connectivity index (χ4v) is 4.30. The van der Waals surface area contributed by atoms with Gasteiger partial charge in [-0.05, 0) is 49.8 Å². The van der Waals surface area contributed by atoms with E-state index in [0.29, 0.717) is 12.1 Å². The molecular weight excluding hydrogens is 519 g/mol. The van der Waals surface area contributed by atoms with Gasteiger partial charge in [-0.25, -0.2) is 4.98 Å². The monoisotopic (exact) mass is 545 g/mol. The fraction of sp³-hybridized carbons (Fsp3) is 0.360. The maximum Gasteiger partial charge on any atom is 0.573 e. The van der Waals surface area contributed by atoms with Crippen molar-refractivity contribution >= 4 is 23.4 Å². The highest BCUT2D eigenvalue weighted by molar-refractivity contribution is 5.94. The van der Waals surface area contributed by atoms with Crippen LogP contribution in [0.15, 0.2) is 55.0 Å². The number of rotatable bonds is 10. The summed E-state index contributed by atoms with van der Waals surface area (Å²) in [5.41, 5.74) is 0.435. The Bertz CT molecular complexity index is 1290. The molecule has 39 heavy (non-hydrogen) atoms. The number of nitrogens with one attached hydrogen (secondary N) is 3. The lowest BCUT2D eigenvalue weighted by Gasteiger charge is -2.29. The van der Waals surface area contributed by atoms with Crippen LogP contribution >= 0.6 is 0 Å². The number of nitro groups is 1. The van der Waals surface area contributed by atoms with Crippen molar-refractivity contribution in [2.75, 3.05) is 17.2 Å². The van der Waals surface area contributed by atoms with E-state index in [1.54, 1.807) is 30.6 Å². The van der Waals surface area contributed by atoms with Crippen LogP contribution in [0.25, 0.3) is 0 Å². The van der Waals surface area contributed by atoms with Crippen LogP contribution in [0.2, 0.25) is 0 Å². The summed E-state index contributed by atoms with van der Waals surface area (Å²) in [6, 6.07) is 8.95. The van der Waals surface area contributed by atoms with Crippen molar-refractivity contribution in [1.29, 1.82) is 0 Å². The van der Waals surface area contributed by atoms with E-state index in [9.17, 15) is 28.1 Å². The third-order valence-electron chi connectivity index (χ3n) is 6.28. The van der Waals surface area contributed by atoms with Crippen molar-refractivity contribution in [2.24, 2.45) is 5.92 Å². The second-order valence-corrected chi connectivity index (χ2v) is 9.00. The van der Waals surface area contributed by atoms with Crippen LogP contribution in [-0.4, -0.2) is 44.7 Å². The molecule has 14 heteroatoms. The average Bonchev–Trinajstić information content (AvgIpc) is 2.91. The highest BCUT2D eigenvalue weighted by Crippen LogP contribution is 2.29. The zero-order valence-electron chi connectivity index (χ0n) is 20.6. The first-order valence-electron chi connectivity index (χ1n) is 12.2. The molecule has 1 aliphatic carbocycles. The van der Waals surface area contributed by atoms with E-state index in [-0.39, 0.29) is 53.2 Å². The van der Waals surface area contributed by atoms with Crippen LogP contribution in [0.4, 0.5) is 30.6 Å². The summed E-state index contributed by atoms with van der Waals surface area (Å²) >= 11 is 0. The zero-order chi connectivity index (χ0) is 27.8. The summed E-state index contributed by atoms with van der Waals surface area (Å²) < 4.78 is 42.1. The van der Waals surface area contributed by atoms with Gasteiger partial charge in [0.1, 0.15) is 11.9 Å². The van der Waals surface area contributed by atoms with Crippen LogP contribution in [0.3, 0.4) is 0 Å². The van der Waals surface area contributed by atoms with Crippen LogP contribution < -0.4 is 20.7 Å². The standard InChI is InChI=1S/C25H26F3N7O4/c26-25(27,28)39-21-4-2-1-3-18(21)14-31-24-32-15-20(35(37)38)22(34-24)30-13-16-5-7-19(8-6-16)33-23(36)17-9-11-29-12-10-17/h1-4,9-12,15-16,19H,5-8,13-14H2,(H,33,36)(H2,30,31,32,34)/t16-,19-. The van der Waals surface area contributed by atoms with Gasteiger partial charge in [-0.3, -0.25) is 19.9 Å². The molecule has 0 spiro atoms. The number of nitrogens with zero attached hydrogens (tertiary/aromatic N) is 4. The van der Waals surface area contributed by atoms with Crippen molar-refractivity contribution in [3.8, 4) is 5.75 Å². The molecule has 11 nitrogen and oxygen atoms in total. The normalized spacial score (nSPS) is 17.2. The Morgan fingerprint density at radius 1 is 1.08 bits per heavy atom. The van der Waals surface area contributed by atoms with E-state index in [1.807, 2.05) is 0 Å². The summed E-state index contributed by atoms with van der Waals surface area (Å²) in [6.45, 7) is 0.323. The molecule has 0 unspecified atom stereocenters. The SMILES string of the molecule is O=C(N[C@H]1CC[C@H](CNc2nc(NCc3ccccc3OC(F)(F)F)ncc2[N+](=O)[O-])CC1)c1ccncc1. The summed E-state index contributed by atoms with van der Waals surface area (Å²) in [5, 5.41) is 20.3. The summed E-state index contributed by atoms with van der Waals surface area (Å²) in [4.78, 5) is 35.3. The number of ether oxygens (including phenoxy) is 1. The number of hydrogen-bond acceptors (Lipinski definition) is 9. The van der Waals surface area contributed by atoms with Crippen LogP contribution in [-0.2, 0) is 6.54 Å². The highest BCUT2D eigenvalue weighted by Gasteiger charge is 2.32. The van der Waals surface area contributed by atoms with E-state index >= 15 is 0 Å². The third kappa shape index (κ3) is 7.99. The summed E-state index contributed by atoms with van der Waals surface area (Å²) in [7, 11) is 0. The molecule has 1 saturated carbocycles. The highest BCUT2D eigenvalue weighted by atomic mass is 19.4.